The van der Waals surface area contributed by atoms with E-state index in [0.29, 0.717) is 38.0 Å². The fourth-order valence-corrected chi connectivity index (χ4v) is 5.07. The first-order valence-electron chi connectivity index (χ1n) is 10.2. The Labute approximate surface area is 169 Å². The summed E-state index contributed by atoms with van der Waals surface area (Å²) >= 11 is 0. The monoisotopic (exact) mass is 399 g/mol. The van der Waals surface area contributed by atoms with Crippen molar-refractivity contribution in [3.05, 3.63) is 35.6 Å². The maximum atomic E-state index is 14.2. The van der Waals surface area contributed by atoms with Gasteiger partial charge in [-0.15, -0.1) is 0 Å². The van der Waals surface area contributed by atoms with E-state index in [9.17, 15) is 19.2 Å². The molecule has 0 radical (unpaired) electrons. The van der Waals surface area contributed by atoms with Gasteiger partial charge in [0.2, 0.25) is 11.8 Å². The Kier molecular flexibility index (Phi) is 5.28. The normalized spacial score (nSPS) is 28.6. The first-order valence-corrected chi connectivity index (χ1v) is 10.2. The minimum Gasteiger partial charge on any atom is -0.330 e. The first kappa shape index (κ1) is 19.8. The van der Waals surface area contributed by atoms with Gasteiger partial charge >= 0.3 is 0 Å². The van der Waals surface area contributed by atoms with E-state index in [2.05, 4.69) is 6.07 Å². The van der Waals surface area contributed by atoms with E-state index in [-0.39, 0.29) is 35.8 Å². The van der Waals surface area contributed by atoms with Gasteiger partial charge in [0.15, 0.2) is 0 Å². The number of benzene rings is 1. The molecule has 7 nitrogen and oxygen atoms in total. The third kappa shape index (κ3) is 3.38. The number of amides is 2. The average Bonchev–Trinajstić information content (AvgIpc) is 3.41. The predicted molar refractivity (Wildman–Crippen MR) is 104 cm³/mol. The lowest BCUT2D eigenvalue weighted by Crippen LogP contribution is -2.56. The minimum atomic E-state index is -0.756. The molecule has 0 aromatic heterocycles. The van der Waals surface area contributed by atoms with Crippen molar-refractivity contribution in [2.45, 2.75) is 56.4 Å². The molecule has 29 heavy (non-hydrogen) atoms. The summed E-state index contributed by atoms with van der Waals surface area (Å²) in [5.74, 6) is -0.564. The van der Waals surface area contributed by atoms with Gasteiger partial charge in [-0.25, -0.2) is 4.39 Å². The molecule has 3 heterocycles. The number of piperazine rings is 1. The quantitative estimate of drug-likeness (QED) is 0.798. The lowest BCUT2D eigenvalue weighted by molar-refractivity contribution is -0.141. The Hall–Kier alpha value is -2.50. The van der Waals surface area contributed by atoms with Crippen LogP contribution < -0.4 is 5.73 Å². The van der Waals surface area contributed by atoms with Crippen molar-refractivity contribution in [2.24, 2.45) is 5.73 Å². The molecule has 3 aliphatic rings. The molecule has 4 rings (SSSR count). The SMILES string of the molecule is C[C@@H](c1ccccc1F)N1C(=O)[C@@H]2CC1CN2C[C@H](N)C(=O)N1CCC[C@H]1C#N. The maximum absolute atomic E-state index is 14.2. The molecule has 2 amide bonds. The standard InChI is InChI=1S/C21H26FN5O2/c1-13(16-6-2-3-7-17(16)22)27-15-9-19(21(27)29)25(11-15)12-18(24)20(28)26-8-4-5-14(26)10-23/h2-3,6-7,13-15,18-19H,4-5,8-9,11-12,24H2,1H3/t13-,14-,15?,18-,19-/m0/s1. The van der Waals surface area contributed by atoms with Gasteiger partial charge in [-0.1, -0.05) is 18.2 Å². The van der Waals surface area contributed by atoms with Crippen molar-refractivity contribution < 1.29 is 14.0 Å². The Morgan fingerprint density at radius 3 is 2.86 bits per heavy atom. The second-order valence-corrected chi connectivity index (χ2v) is 8.23. The first-order chi connectivity index (χ1) is 13.9. The van der Waals surface area contributed by atoms with Crippen molar-refractivity contribution >= 4 is 11.8 Å². The molecule has 8 heteroatoms. The van der Waals surface area contributed by atoms with Crippen LogP contribution in [0.25, 0.3) is 0 Å². The van der Waals surface area contributed by atoms with Gasteiger partial charge in [-0.2, -0.15) is 5.26 Å². The van der Waals surface area contributed by atoms with E-state index in [1.54, 1.807) is 28.0 Å². The number of nitrogens with two attached hydrogens (primary N) is 1. The van der Waals surface area contributed by atoms with Crippen LogP contribution in [0.4, 0.5) is 4.39 Å². The summed E-state index contributed by atoms with van der Waals surface area (Å²) in [6.07, 6.45) is 2.17. The summed E-state index contributed by atoms with van der Waals surface area (Å²) in [6, 6.07) is 6.88. The van der Waals surface area contributed by atoms with Crippen molar-refractivity contribution in [1.29, 1.82) is 5.26 Å². The van der Waals surface area contributed by atoms with Crippen LogP contribution in [0.2, 0.25) is 0 Å². The number of hydrogen-bond acceptors (Lipinski definition) is 5. The highest BCUT2D eigenvalue weighted by molar-refractivity contribution is 5.87. The topological polar surface area (TPSA) is 93.7 Å². The van der Waals surface area contributed by atoms with Crippen molar-refractivity contribution in [1.82, 2.24) is 14.7 Å². The Morgan fingerprint density at radius 2 is 2.17 bits per heavy atom. The van der Waals surface area contributed by atoms with Crippen LogP contribution in [0, 0.1) is 17.1 Å². The van der Waals surface area contributed by atoms with E-state index in [0.717, 1.165) is 6.42 Å². The maximum Gasteiger partial charge on any atom is 0.241 e. The summed E-state index contributed by atoms with van der Waals surface area (Å²) in [5, 5.41) is 9.19. The minimum absolute atomic E-state index is 0.0111. The number of fused-ring (bicyclic) bond motifs is 2. The highest BCUT2D eigenvalue weighted by Crippen LogP contribution is 2.38. The zero-order chi connectivity index (χ0) is 20.7. The van der Waals surface area contributed by atoms with Gasteiger partial charge in [0.05, 0.1) is 24.2 Å². The third-order valence-corrected chi connectivity index (χ3v) is 6.52. The molecule has 2 bridgehead atoms. The van der Waals surface area contributed by atoms with Gasteiger partial charge < -0.3 is 15.5 Å². The summed E-state index contributed by atoms with van der Waals surface area (Å²) in [5.41, 5.74) is 6.68. The number of halogens is 1. The lowest BCUT2D eigenvalue weighted by atomic mass is 10.0. The van der Waals surface area contributed by atoms with Crippen molar-refractivity contribution in [3.63, 3.8) is 0 Å². The van der Waals surface area contributed by atoms with E-state index in [4.69, 9.17) is 5.73 Å². The molecule has 3 aliphatic heterocycles. The van der Waals surface area contributed by atoms with Crippen LogP contribution in [0.1, 0.15) is 37.8 Å². The summed E-state index contributed by atoms with van der Waals surface area (Å²) < 4.78 is 14.2. The zero-order valence-corrected chi connectivity index (χ0v) is 16.5. The summed E-state index contributed by atoms with van der Waals surface area (Å²) in [7, 11) is 0. The van der Waals surface area contributed by atoms with Crippen LogP contribution in [0.15, 0.2) is 24.3 Å². The fourth-order valence-electron chi connectivity index (χ4n) is 5.07. The number of nitrogens with zero attached hydrogens (tertiary/aromatic N) is 4. The molecule has 0 spiro atoms. The number of hydrogen-bond donors (Lipinski definition) is 1. The lowest BCUT2D eigenvalue weighted by Gasteiger charge is -2.38. The number of nitriles is 1. The smallest absolute Gasteiger partial charge is 0.241 e. The molecule has 2 N–H and O–H groups in total. The largest absolute Gasteiger partial charge is 0.330 e. The van der Waals surface area contributed by atoms with Crippen LogP contribution >= 0.6 is 0 Å². The van der Waals surface area contributed by atoms with Gasteiger partial charge in [0.1, 0.15) is 11.9 Å². The predicted octanol–water partition coefficient (Wildman–Crippen LogP) is 1.01. The second kappa shape index (κ2) is 7.73. The van der Waals surface area contributed by atoms with Crippen molar-refractivity contribution in [2.75, 3.05) is 19.6 Å². The highest BCUT2D eigenvalue weighted by Gasteiger charge is 2.51. The Balaban J connectivity index is 1.40. The molecule has 1 aromatic carbocycles. The van der Waals surface area contributed by atoms with Crippen LogP contribution in [-0.4, -0.2) is 70.3 Å². The van der Waals surface area contributed by atoms with Crippen molar-refractivity contribution in [3.8, 4) is 6.07 Å². The van der Waals surface area contributed by atoms with E-state index in [1.807, 2.05) is 11.8 Å². The van der Waals surface area contributed by atoms with Gasteiger partial charge in [-0.3, -0.25) is 14.5 Å². The second-order valence-electron chi connectivity index (χ2n) is 8.23. The molecule has 154 valence electrons. The molecular formula is C21H26FN5O2. The highest BCUT2D eigenvalue weighted by atomic mass is 19.1. The molecule has 1 unspecified atom stereocenters. The van der Waals surface area contributed by atoms with Gasteiger partial charge in [0.25, 0.3) is 0 Å². The number of likely N-dealkylation sites (tertiary alicyclic amines) is 3. The van der Waals surface area contributed by atoms with E-state index in [1.165, 1.54) is 6.07 Å². The van der Waals surface area contributed by atoms with E-state index < -0.39 is 12.1 Å². The molecular weight excluding hydrogens is 373 g/mol. The molecule has 3 saturated heterocycles. The molecule has 0 saturated carbocycles. The number of rotatable bonds is 5. The van der Waals surface area contributed by atoms with Gasteiger partial charge in [-0.05, 0) is 32.3 Å². The number of carbonyl (C=O) groups excluding carboxylic acids is 2. The fraction of sp³-hybridized carbons (Fsp3) is 0.571. The van der Waals surface area contributed by atoms with E-state index >= 15 is 0 Å². The zero-order valence-electron chi connectivity index (χ0n) is 16.5. The van der Waals surface area contributed by atoms with Crippen LogP contribution in [0.3, 0.4) is 0 Å². The van der Waals surface area contributed by atoms with Crippen LogP contribution in [0.5, 0.6) is 0 Å². The third-order valence-electron chi connectivity index (χ3n) is 6.52. The average molecular weight is 399 g/mol. The van der Waals surface area contributed by atoms with Crippen LogP contribution in [-0.2, 0) is 9.59 Å². The number of carbonyl (C=O) groups is 2. The van der Waals surface area contributed by atoms with Gasteiger partial charge in [0, 0.05) is 31.2 Å². The Morgan fingerprint density at radius 1 is 1.41 bits per heavy atom. The molecule has 5 atom stereocenters. The molecule has 3 fully saturated rings. The molecule has 0 aliphatic carbocycles. The molecule has 1 aromatic rings. The summed E-state index contributed by atoms with van der Waals surface area (Å²) in [6.45, 7) is 3.33. The Bertz CT molecular complexity index is 856. The summed E-state index contributed by atoms with van der Waals surface area (Å²) in [4.78, 5) is 31.0.